The molecule has 0 N–H and O–H groups in total. The number of aromatic nitrogens is 3. The van der Waals surface area contributed by atoms with Crippen molar-refractivity contribution in [3.63, 3.8) is 0 Å². The van der Waals surface area contributed by atoms with Gasteiger partial charge >= 0.3 is 0 Å². The maximum Gasteiger partial charge on any atom is 0.230 e. The predicted molar refractivity (Wildman–Crippen MR) is 98.7 cm³/mol. The van der Waals surface area contributed by atoms with Gasteiger partial charge in [-0.25, -0.2) is 4.98 Å². The first-order valence-corrected chi connectivity index (χ1v) is 8.10. The highest BCUT2D eigenvalue weighted by Crippen LogP contribution is 2.31. The van der Waals surface area contributed by atoms with Gasteiger partial charge in [-0.3, -0.25) is 4.98 Å². The summed E-state index contributed by atoms with van der Waals surface area (Å²) >= 11 is 0. The van der Waals surface area contributed by atoms with E-state index in [-0.39, 0.29) is 0 Å². The molecule has 0 atom stereocenters. The van der Waals surface area contributed by atoms with Crippen molar-refractivity contribution in [1.29, 1.82) is 5.26 Å². The third-order valence-electron chi connectivity index (χ3n) is 4.02. The summed E-state index contributed by atoms with van der Waals surface area (Å²) in [6.07, 6.45) is 3.42. The summed E-state index contributed by atoms with van der Waals surface area (Å²) in [5, 5.41) is 9.86. The van der Waals surface area contributed by atoms with Crippen LogP contribution in [-0.4, -0.2) is 15.0 Å². The predicted octanol–water partition coefficient (Wildman–Crippen LogP) is 4.66. The smallest absolute Gasteiger partial charge is 0.230 e. The van der Waals surface area contributed by atoms with E-state index < -0.39 is 0 Å². The average molecular weight is 338 g/mol. The number of benzene rings is 2. The van der Waals surface area contributed by atoms with E-state index in [2.05, 4.69) is 21.0 Å². The van der Waals surface area contributed by atoms with Crippen LogP contribution in [0.3, 0.4) is 0 Å². The Labute approximate surface area is 150 Å². The maximum atomic E-state index is 9.03. The number of nitriles is 1. The summed E-state index contributed by atoms with van der Waals surface area (Å²) in [6, 6.07) is 18.9. The van der Waals surface area contributed by atoms with Gasteiger partial charge in [-0.15, -0.1) is 0 Å². The second kappa shape index (κ2) is 6.61. The molecular formula is C21H14N4O. The highest BCUT2D eigenvalue weighted by Gasteiger charge is 2.12. The van der Waals surface area contributed by atoms with Crippen molar-refractivity contribution in [2.75, 3.05) is 0 Å². The van der Waals surface area contributed by atoms with E-state index in [0.29, 0.717) is 23.0 Å². The quantitative estimate of drug-likeness (QED) is 0.543. The molecule has 2 aromatic heterocycles. The fourth-order valence-corrected chi connectivity index (χ4v) is 2.69. The standard InChI is InChI=1S/C21H14N4O/c1-14-12-15(13-22)6-7-19(14)26-21-17-4-2-3-5-18(17)24-20(25-21)16-8-10-23-11-9-16/h2-12H,1H3. The van der Waals surface area contributed by atoms with Crippen molar-refractivity contribution in [2.45, 2.75) is 6.92 Å². The van der Waals surface area contributed by atoms with Crippen LogP contribution in [0.2, 0.25) is 0 Å². The lowest BCUT2D eigenvalue weighted by Crippen LogP contribution is -1.97. The summed E-state index contributed by atoms with van der Waals surface area (Å²) in [6.45, 7) is 1.91. The molecule has 4 rings (SSSR count). The molecule has 0 spiro atoms. The Morgan fingerprint density at radius 2 is 1.77 bits per heavy atom. The summed E-state index contributed by atoms with van der Waals surface area (Å²) in [5.74, 6) is 1.72. The summed E-state index contributed by atoms with van der Waals surface area (Å²) in [4.78, 5) is 13.3. The first-order valence-electron chi connectivity index (χ1n) is 8.10. The van der Waals surface area contributed by atoms with Crippen LogP contribution < -0.4 is 4.74 Å². The Morgan fingerprint density at radius 3 is 2.54 bits per heavy atom. The number of para-hydroxylation sites is 1. The molecule has 124 valence electrons. The second-order valence-corrected chi connectivity index (χ2v) is 5.80. The molecular weight excluding hydrogens is 324 g/mol. The van der Waals surface area contributed by atoms with Crippen LogP contribution in [0.25, 0.3) is 22.3 Å². The van der Waals surface area contributed by atoms with Gasteiger partial charge in [-0.1, -0.05) is 12.1 Å². The number of pyridine rings is 1. The first-order chi connectivity index (χ1) is 12.7. The zero-order chi connectivity index (χ0) is 17.9. The monoisotopic (exact) mass is 338 g/mol. The molecule has 0 fully saturated rings. The molecule has 0 amide bonds. The van der Waals surface area contributed by atoms with Crippen LogP contribution >= 0.6 is 0 Å². The molecule has 2 aromatic carbocycles. The van der Waals surface area contributed by atoms with Crippen molar-refractivity contribution in [1.82, 2.24) is 15.0 Å². The molecule has 5 heteroatoms. The van der Waals surface area contributed by atoms with Gasteiger partial charge in [0, 0.05) is 18.0 Å². The molecule has 5 nitrogen and oxygen atoms in total. The van der Waals surface area contributed by atoms with Crippen molar-refractivity contribution in [3.05, 3.63) is 78.1 Å². The minimum absolute atomic E-state index is 0.482. The number of ether oxygens (including phenoxy) is 1. The number of rotatable bonds is 3. The van der Waals surface area contributed by atoms with Gasteiger partial charge in [0.1, 0.15) is 5.75 Å². The van der Waals surface area contributed by atoms with E-state index in [9.17, 15) is 0 Å². The third kappa shape index (κ3) is 2.96. The van der Waals surface area contributed by atoms with Crippen molar-refractivity contribution >= 4 is 10.9 Å². The topological polar surface area (TPSA) is 71.7 Å². The average Bonchev–Trinajstić information content (AvgIpc) is 2.70. The van der Waals surface area contributed by atoms with Crippen LogP contribution in [0.1, 0.15) is 11.1 Å². The van der Waals surface area contributed by atoms with Crippen molar-refractivity contribution < 1.29 is 4.74 Å². The Morgan fingerprint density at radius 1 is 0.962 bits per heavy atom. The van der Waals surface area contributed by atoms with Gasteiger partial charge in [0.05, 0.1) is 22.5 Å². The molecule has 26 heavy (non-hydrogen) atoms. The van der Waals surface area contributed by atoms with E-state index in [0.717, 1.165) is 22.0 Å². The lowest BCUT2D eigenvalue weighted by Gasteiger charge is -2.12. The van der Waals surface area contributed by atoms with Crippen LogP contribution in [0.15, 0.2) is 67.0 Å². The Hall–Kier alpha value is -3.78. The van der Waals surface area contributed by atoms with Crippen molar-refractivity contribution in [3.8, 4) is 29.1 Å². The SMILES string of the molecule is Cc1cc(C#N)ccc1Oc1nc(-c2ccncc2)nc2ccccc12. The van der Waals surface area contributed by atoms with Crippen LogP contribution in [0.5, 0.6) is 11.6 Å². The van der Waals surface area contributed by atoms with Crippen LogP contribution in [0.4, 0.5) is 0 Å². The summed E-state index contributed by atoms with van der Waals surface area (Å²) in [5.41, 5.74) is 3.14. The van der Waals surface area contributed by atoms with Gasteiger partial charge in [0.2, 0.25) is 5.88 Å². The second-order valence-electron chi connectivity index (χ2n) is 5.80. The molecule has 0 saturated heterocycles. The number of nitrogens with zero attached hydrogens (tertiary/aromatic N) is 4. The molecule has 0 aliphatic heterocycles. The normalized spacial score (nSPS) is 10.5. The van der Waals surface area contributed by atoms with Crippen LogP contribution in [0, 0.1) is 18.3 Å². The van der Waals surface area contributed by atoms with Gasteiger partial charge in [0.25, 0.3) is 0 Å². The Bertz CT molecular complexity index is 1130. The fourth-order valence-electron chi connectivity index (χ4n) is 2.69. The van der Waals surface area contributed by atoms with Gasteiger partial charge in [-0.05, 0) is 55.0 Å². The molecule has 0 unspecified atom stereocenters. The van der Waals surface area contributed by atoms with Gasteiger partial charge in [0.15, 0.2) is 5.82 Å². The molecule has 4 aromatic rings. The molecule has 0 radical (unpaired) electrons. The molecule has 2 heterocycles. The van der Waals surface area contributed by atoms with Crippen molar-refractivity contribution in [2.24, 2.45) is 0 Å². The minimum Gasteiger partial charge on any atom is -0.438 e. The Balaban J connectivity index is 1.85. The van der Waals surface area contributed by atoms with Gasteiger partial charge in [-0.2, -0.15) is 10.2 Å². The highest BCUT2D eigenvalue weighted by atomic mass is 16.5. The number of fused-ring (bicyclic) bond motifs is 1. The molecule has 0 saturated carbocycles. The van der Waals surface area contributed by atoms with E-state index >= 15 is 0 Å². The van der Waals surface area contributed by atoms with Crippen LogP contribution in [-0.2, 0) is 0 Å². The number of hydrogen-bond acceptors (Lipinski definition) is 5. The lowest BCUT2D eigenvalue weighted by molar-refractivity contribution is 0.465. The highest BCUT2D eigenvalue weighted by molar-refractivity contribution is 5.85. The van der Waals surface area contributed by atoms with Gasteiger partial charge < -0.3 is 4.74 Å². The molecule has 0 aliphatic carbocycles. The maximum absolute atomic E-state index is 9.03. The van der Waals surface area contributed by atoms with E-state index in [4.69, 9.17) is 10.00 Å². The zero-order valence-electron chi connectivity index (χ0n) is 14.0. The van der Waals surface area contributed by atoms with E-state index in [1.165, 1.54) is 0 Å². The van der Waals surface area contributed by atoms with E-state index in [1.807, 2.05) is 43.3 Å². The fraction of sp³-hybridized carbons (Fsp3) is 0.0476. The third-order valence-corrected chi connectivity index (χ3v) is 4.02. The molecule has 0 bridgehead atoms. The largest absolute Gasteiger partial charge is 0.438 e. The summed E-state index contributed by atoms with van der Waals surface area (Å²) in [7, 11) is 0. The molecule has 0 aliphatic rings. The zero-order valence-corrected chi connectivity index (χ0v) is 14.0. The first kappa shape index (κ1) is 15.7. The minimum atomic E-state index is 0.482. The number of hydrogen-bond donors (Lipinski definition) is 0. The lowest BCUT2D eigenvalue weighted by atomic mass is 10.1. The van der Waals surface area contributed by atoms with E-state index in [1.54, 1.807) is 30.6 Å². The Kier molecular flexibility index (Phi) is 4.00. The number of aryl methyl sites for hydroxylation is 1. The summed E-state index contributed by atoms with van der Waals surface area (Å²) < 4.78 is 6.11.